The van der Waals surface area contributed by atoms with Gasteiger partial charge in [-0.3, -0.25) is 9.36 Å². The number of fused-ring (bicyclic) bond motifs is 1. The molecule has 1 N–H and O–H groups in total. The van der Waals surface area contributed by atoms with Crippen molar-refractivity contribution in [1.82, 2.24) is 23.4 Å². The predicted octanol–water partition coefficient (Wildman–Crippen LogP) is 0.0232. The lowest BCUT2D eigenvalue weighted by molar-refractivity contribution is -0.148. The highest BCUT2D eigenvalue weighted by atomic mass is 32.2. The largest absolute Gasteiger partial charge is 0.465 e. The average Bonchev–Trinajstić information content (AvgIpc) is 3.01. The van der Waals surface area contributed by atoms with Crippen molar-refractivity contribution >= 4 is 16.2 Å². The van der Waals surface area contributed by atoms with E-state index in [0.717, 1.165) is 31.5 Å². The number of aromatic nitrogens is 3. The smallest absolute Gasteiger partial charge is 0.345 e. The quantitative estimate of drug-likeness (QED) is 0.473. The van der Waals surface area contributed by atoms with Crippen LogP contribution in [0.4, 0.5) is 0 Å². The van der Waals surface area contributed by atoms with Crippen LogP contribution in [0, 0.1) is 0 Å². The number of piperidine rings is 1. The Balaban J connectivity index is 1.55. The van der Waals surface area contributed by atoms with Crippen molar-refractivity contribution in [3.8, 4) is 0 Å². The van der Waals surface area contributed by atoms with E-state index in [0.29, 0.717) is 38.9 Å². The summed E-state index contributed by atoms with van der Waals surface area (Å²) in [5.41, 5.74) is -0.129. The number of hydrogen-bond donors (Lipinski definition) is 1. The van der Waals surface area contributed by atoms with Crippen molar-refractivity contribution in [2.75, 3.05) is 19.7 Å². The standard InChI is InChI=1S/C17H29N5O5S/c1-2-27-16(23)14-8-3-6-13-22(14)28(25,26)18-10-7-12-21-17(24)20-11-5-4-9-15(20)19-21/h14,18H,2-13H2,1H3/t14-/m0/s1. The van der Waals surface area contributed by atoms with E-state index in [1.807, 2.05) is 0 Å². The van der Waals surface area contributed by atoms with E-state index in [2.05, 4.69) is 9.82 Å². The van der Waals surface area contributed by atoms with Crippen LogP contribution in [-0.2, 0) is 39.3 Å². The Morgan fingerprint density at radius 1 is 1.25 bits per heavy atom. The molecule has 11 heteroatoms. The normalized spacial score (nSPS) is 20.7. The highest BCUT2D eigenvalue weighted by Gasteiger charge is 2.37. The summed E-state index contributed by atoms with van der Waals surface area (Å²) in [4.78, 5) is 24.4. The molecule has 0 spiro atoms. The van der Waals surface area contributed by atoms with Crippen LogP contribution in [0.1, 0.15) is 51.3 Å². The number of nitrogens with one attached hydrogen (secondary N) is 1. The van der Waals surface area contributed by atoms with Crippen LogP contribution in [-0.4, -0.2) is 58.8 Å². The Morgan fingerprint density at radius 2 is 2.04 bits per heavy atom. The molecular formula is C17H29N5O5S. The van der Waals surface area contributed by atoms with E-state index in [9.17, 15) is 18.0 Å². The van der Waals surface area contributed by atoms with Gasteiger partial charge in [-0.25, -0.2) is 14.2 Å². The molecule has 158 valence electrons. The SMILES string of the molecule is CCOC(=O)[C@@H]1CCCCN1S(=O)(=O)NCCCn1nc2n(c1=O)CCCC2. The molecule has 0 amide bonds. The number of aryl methyl sites for hydroxylation is 2. The van der Waals surface area contributed by atoms with E-state index in [4.69, 9.17) is 4.74 Å². The summed E-state index contributed by atoms with van der Waals surface area (Å²) in [6, 6.07) is -0.770. The first kappa shape index (κ1) is 21.0. The first-order chi connectivity index (χ1) is 13.4. The lowest BCUT2D eigenvalue weighted by Gasteiger charge is -2.32. The molecule has 2 aliphatic rings. The fourth-order valence-corrected chi connectivity index (χ4v) is 5.24. The lowest BCUT2D eigenvalue weighted by Crippen LogP contribution is -2.52. The van der Waals surface area contributed by atoms with Gasteiger partial charge < -0.3 is 4.74 Å². The van der Waals surface area contributed by atoms with Crippen molar-refractivity contribution in [3.63, 3.8) is 0 Å². The number of carbonyl (C=O) groups is 1. The highest BCUT2D eigenvalue weighted by Crippen LogP contribution is 2.21. The van der Waals surface area contributed by atoms with Gasteiger partial charge in [0.1, 0.15) is 11.9 Å². The Morgan fingerprint density at radius 3 is 2.79 bits per heavy atom. The summed E-state index contributed by atoms with van der Waals surface area (Å²) in [5, 5.41) is 4.35. The number of hydrogen-bond acceptors (Lipinski definition) is 6. The number of esters is 1. The average molecular weight is 416 g/mol. The van der Waals surface area contributed by atoms with Crippen LogP contribution in [0.15, 0.2) is 4.79 Å². The minimum atomic E-state index is -3.79. The maximum absolute atomic E-state index is 12.7. The minimum absolute atomic E-state index is 0.129. The van der Waals surface area contributed by atoms with Gasteiger partial charge in [-0.15, -0.1) is 0 Å². The number of nitrogens with zero attached hydrogens (tertiary/aromatic N) is 4. The Hall–Kier alpha value is -1.72. The summed E-state index contributed by atoms with van der Waals surface area (Å²) in [6.07, 6.45) is 5.24. The molecule has 0 saturated carbocycles. The third-order valence-corrected chi connectivity index (χ3v) is 6.81. The second-order valence-electron chi connectivity index (χ2n) is 7.16. The summed E-state index contributed by atoms with van der Waals surface area (Å²) < 4.78 is 37.2. The van der Waals surface area contributed by atoms with Crippen molar-refractivity contribution in [2.45, 2.75) is 71.0 Å². The molecule has 0 aromatic carbocycles. The van der Waals surface area contributed by atoms with E-state index in [1.54, 1.807) is 11.5 Å². The zero-order valence-corrected chi connectivity index (χ0v) is 17.1. The third kappa shape index (κ3) is 4.64. The Labute approximate surface area is 165 Å². The van der Waals surface area contributed by atoms with Gasteiger partial charge in [0, 0.05) is 32.6 Å². The van der Waals surface area contributed by atoms with Gasteiger partial charge in [-0.05, 0) is 45.4 Å². The molecule has 10 nitrogen and oxygen atoms in total. The van der Waals surface area contributed by atoms with Crippen LogP contribution in [0.5, 0.6) is 0 Å². The van der Waals surface area contributed by atoms with Gasteiger partial charge in [0.05, 0.1) is 6.61 Å². The molecule has 0 radical (unpaired) electrons. The summed E-state index contributed by atoms with van der Waals surface area (Å²) >= 11 is 0. The third-order valence-electron chi connectivity index (χ3n) is 5.18. The Bertz CT molecular complexity index is 847. The monoisotopic (exact) mass is 415 g/mol. The fourth-order valence-electron chi connectivity index (χ4n) is 3.77. The molecule has 1 aromatic rings. The van der Waals surface area contributed by atoms with Crippen LogP contribution in [0.3, 0.4) is 0 Å². The number of rotatable bonds is 8. The van der Waals surface area contributed by atoms with Gasteiger partial charge in [0.25, 0.3) is 10.2 Å². The van der Waals surface area contributed by atoms with Gasteiger partial charge in [-0.1, -0.05) is 0 Å². The van der Waals surface area contributed by atoms with Crippen molar-refractivity contribution in [1.29, 1.82) is 0 Å². The maximum atomic E-state index is 12.7. The van der Waals surface area contributed by atoms with E-state index < -0.39 is 22.2 Å². The van der Waals surface area contributed by atoms with Gasteiger partial charge in [0.15, 0.2) is 0 Å². The van der Waals surface area contributed by atoms with Gasteiger partial charge in [0.2, 0.25) is 0 Å². The number of carbonyl (C=O) groups excluding carboxylic acids is 1. The fraction of sp³-hybridized carbons (Fsp3) is 0.824. The van der Waals surface area contributed by atoms with E-state index >= 15 is 0 Å². The van der Waals surface area contributed by atoms with Gasteiger partial charge >= 0.3 is 11.7 Å². The molecule has 1 aromatic heterocycles. The molecule has 1 saturated heterocycles. The number of ether oxygens (including phenoxy) is 1. The molecule has 2 aliphatic heterocycles. The lowest BCUT2D eigenvalue weighted by atomic mass is 10.1. The minimum Gasteiger partial charge on any atom is -0.465 e. The second-order valence-corrected chi connectivity index (χ2v) is 8.87. The first-order valence-corrected chi connectivity index (χ1v) is 11.5. The zero-order chi connectivity index (χ0) is 20.1. The first-order valence-electron chi connectivity index (χ1n) is 10.0. The molecule has 1 atom stereocenters. The van der Waals surface area contributed by atoms with Crippen LogP contribution < -0.4 is 10.4 Å². The molecule has 3 heterocycles. The second kappa shape index (κ2) is 9.19. The summed E-state index contributed by atoms with van der Waals surface area (Å²) in [6.45, 7) is 3.44. The summed E-state index contributed by atoms with van der Waals surface area (Å²) in [5.74, 6) is 0.310. The van der Waals surface area contributed by atoms with Gasteiger partial charge in [-0.2, -0.15) is 17.8 Å². The molecule has 3 rings (SSSR count). The van der Waals surface area contributed by atoms with Crippen LogP contribution in [0.2, 0.25) is 0 Å². The van der Waals surface area contributed by atoms with E-state index in [-0.39, 0.29) is 18.8 Å². The molecule has 28 heavy (non-hydrogen) atoms. The van der Waals surface area contributed by atoms with E-state index in [1.165, 1.54) is 8.99 Å². The summed E-state index contributed by atoms with van der Waals surface area (Å²) in [7, 11) is -3.79. The maximum Gasteiger partial charge on any atom is 0.345 e. The molecule has 0 unspecified atom stereocenters. The van der Waals surface area contributed by atoms with Crippen molar-refractivity contribution in [2.24, 2.45) is 0 Å². The van der Waals surface area contributed by atoms with Crippen LogP contribution >= 0.6 is 0 Å². The van der Waals surface area contributed by atoms with Crippen LogP contribution in [0.25, 0.3) is 0 Å². The topological polar surface area (TPSA) is 116 Å². The van der Waals surface area contributed by atoms with Crippen molar-refractivity contribution < 1.29 is 17.9 Å². The highest BCUT2D eigenvalue weighted by molar-refractivity contribution is 7.87. The molecule has 0 bridgehead atoms. The molecule has 1 fully saturated rings. The molecular weight excluding hydrogens is 386 g/mol. The Kier molecular flexibility index (Phi) is 6.89. The van der Waals surface area contributed by atoms with Crippen molar-refractivity contribution in [3.05, 3.63) is 16.3 Å². The molecule has 0 aliphatic carbocycles. The predicted molar refractivity (Wildman–Crippen MR) is 102 cm³/mol. The zero-order valence-electron chi connectivity index (χ0n) is 16.3.